The standard InChI is InChI=1S/C18H30N6O10/c1-7(25)14(24-15(30)8(19)2-4-11(20)26)17(32)22-9(3-5-12(21)27)16(31)23-10(18(33)34)6-13(28)29/h7-10,14,25H,2-6,19H2,1H3,(H2,20,26)(H2,21,27)(H,22,32)(H,23,31)(H,24,30)(H,28,29)(H,33,34). The van der Waals surface area contributed by atoms with Crippen LogP contribution in [0.1, 0.15) is 39.0 Å². The molecule has 0 aromatic rings. The van der Waals surface area contributed by atoms with Crippen LogP contribution in [0.3, 0.4) is 0 Å². The first-order chi connectivity index (χ1) is 15.6. The molecule has 0 aliphatic rings. The maximum Gasteiger partial charge on any atom is 0.326 e. The van der Waals surface area contributed by atoms with Gasteiger partial charge in [0.05, 0.1) is 18.6 Å². The molecule has 5 atom stereocenters. The van der Waals surface area contributed by atoms with E-state index in [4.69, 9.17) is 27.4 Å². The Balaban J connectivity index is 5.49. The van der Waals surface area contributed by atoms with E-state index in [1.165, 1.54) is 0 Å². The highest BCUT2D eigenvalue weighted by Gasteiger charge is 2.33. The molecule has 0 aliphatic carbocycles. The molecule has 0 saturated heterocycles. The Kier molecular flexibility index (Phi) is 12.8. The number of hydrogen-bond donors (Lipinski definition) is 9. The van der Waals surface area contributed by atoms with Crippen LogP contribution in [-0.2, 0) is 33.6 Å². The number of nitrogens with one attached hydrogen (secondary N) is 3. The van der Waals surface area contributed by atoms with E-state index in [2.05, 4.69) is 10.6 Å². The summed E-state index contributed by atoms with van der Waals surface area (Å²) in [5, 5.41) is 34.0. The summed E-state index contributed by atoms with van der Waals surface area (Å²) in [6.07, 6.45) is -3.63. The molecular formula is C18H30N6O10. The van der Waals surface area contributed by atoms with E-state index in [-0.39, 0.29) is 12.8 Å². The Hall–Kier alpha value is -3.79. The first kappa shape index (κ1) is 30.2. The number of carboxylic acid groups (broad SMARTS) is 2. The molecule has 12 N–H and O–H groups in total. The summed E-state index contributed by atoms with van der Waals surface area (Å²) in [4.78, 5) is 81.3. The summed E-state index contributed by atoms with van der Waals surface area (Å²) in [6, 6.07) is -6.29. The van der Waals surface area contributed by atoms with E-state index in [0.29, 0.717) is 0 Å². The fraction of sp³-hybridized carbons (Fsp3) is 0.611. The van der Waals surface area contributed by atoms with Gasteiger partial charge in [-0.15, -0.1) is 0 Å². The quantitative estimate of drug-likeness (QED) is 0.0988. The van der Waals surface area contributed by atoms with Crippen LogP contribution >= 0.6 is 0 Å². The van der Waals surface area contributed by atoms with E-state index >= 15 is 0 Å². The zero-order valence-electron chi connectivity index (χ0n) is 18.4. The molecule has 0 aromatic carbocycles. The van der Waals surface area contributed by atoms with E-state index in [0.717, 1.165) is 6.92 Å². The number of carbonyl (C=O) groups excluding carboxylic acids is 5. The minimum Gasteiger partial charge on any atom is -0.481 e. The number of aliphatic carboxylic acids is 2. The van der Waals surface area contributed by atoms with Gasteiger partial charge >= 0.3 is 11.9 Å². The van der Waals surface area contributed by atoms with Gasteiger partial charge in [-0.1, -0.05) is 0 Å². The van der Waals surface area contributed by atoms with Crippen LogP contribution in [0.4, 0.5) is 0 Å². The van der Waals surface area contributed by atoms with Gasteiger partial charge in [-0.25, -0.2) is 4.79 Å². The van der Waals surface area contributed by atoms with Crippen molar-refractivity contribution in [2.45, 2.75) is 69.3 Å². The van der Waals surface area contributed by atoms with Crippen LogP contribution in [0, 0.1) is 0 Å². The van der Waals surface area contributed by atoms with E-state index < -0.39 is 91.0 Å². The van der Waals surface area contributed by atoms with E-state index in [1.54, 1.807) is 0 Å². The molecule has 0 radical (unpaired) electrons. The Labute approximate surface area is 193 Å². The van der Waals surface area contributed by atoms with Crippen molar-refractivity contribution >= 4 is 41.5 Å². The lowest BCUT2D eigenvalue weighted by Gasteiger charge is -2.26. The van der Waals surface area contributed by atoms with Crippen molar-refractivity contribution in [2.24, 2.45) is 17.2 Å². The molecule has 34 heavy (non-hydrogen) atoms. The number of hydrogen-bond acceptors (Lipinski definition) is 9. The lowest BCUT2D eigenvalue weighted by Crippen LogP contribution is -2.60. The molecule has 0 saturated carbocycles. The minimum atomic E-state index is -1.84. The number of rotatable bonds is 16. The smallest absolute Gasteiger partial charge is 0.326 e. The summed E-state index contributed by atoms with van der Waals surface area (Å²) in [5.74, 6) is -7.89. The van der Waals surface area contributed by atoms with Gasteiger partial charge < -0.3 is 48.5 Å². The molecule has 5 unspecified atom stereocenters. The molecule has 5 amide bonds. The summed E-state index contributed by atoms with van der Waals surface area (Å²) < 4.78 is 0. The third kappa shape index (κ3) is 11.7. The van der Waals surface area contributed by atoms with Gasteiger partial charge in [0.2, 0.25) is 29.5 Å². The number of aliphatic hydroxyl groups excluding tert-OH is 1. The Morgan fingerprint density at radius 3 is 1.71 bits per heavy atom. The zero-order chi connectivity index (χ0) is 26.6. The monoisotopic (exact) mass is 490 g/mol. The minimum absolute atomic E-state index is 0.140. The van der Waals surface area contributed by atoms with Gasteiger partial charge in [0.15, 0.2) is 0 Å². The van der Waals surface area contributed by atoms with Crippen LogP contribution in [0.5, 0.6) is 0 Å². The number of primary amides is 2. The topological polar surface area (TPSA) is 294 Å². The molecule has 0 heterocycles. The van der Waals surface area contributed by atoms with Gasteiger partial charge in [0.25, 0.3) is 0 Å². The second-order valence-corrected chi connectivity index (χ2v) is 7.40. The largest absolute Gasteiger partial charge is 0.481 e. The highest BCUT2D eigenvalue weighted by molar-refractivity contribution is 5.95. The molecular weight excluding hydrogens is 460 g/mol. The summed E-state index contributed by atoms with van der Waals surface area (Å²) in [5.41, 5.74) is 15.6. The molecule has 16 heteroatoms. The second kappa shape index (κ2) is 14.4. The van der Waals surface area contributed by atoms with Crippen LogP contribution in [-0.4, -0.2) is 87.1 Å². The molecule has 0 fully saturated rings. The van der Waals surface area contributed by atoms with Gasteiger partial charge in [0.1, 0.15) is 18.1 Å². The molecule has 0 bridgehead atoms. The van der Waals surface area contributed by atoms with Gasteiger partial charge in [-0.2, -0.15) is 0 Å². The highest BCUT2D eigenvalue weighted by atomic mass is 16.4. The predicted octanol–water partition coefficient (Wildman–Crippen LogP) is -4.76. The van der Waals surface area contributed by atoms with Crippen molar-refractivity contribution in [3.05, 3.63) is 0 Å². The Morgan fingerprint density at radius 2 is 1.26 bits per heavy atom. The Bertz CT molecular complexity index is 802. The van der Waals surface area contributed by atoms with Crippen LogP contribution < -0.4 is 33.2 Å². The second-order valence-electron chi connectivity index (χ2n) is 7.40. The molecule has 16 nitrogen and oxygen atoms in total. The van der Waals surface area contributed by atoms with Crippen LogP contribution in [0.15, 0.2) is 0 Å². The lowest BCUT2D eigenvalue weighted by molar-refractivity contribution is -0.147. The predicted molar refractivity (Wildman–Crippen MR) is 112 cm³/mol. The first-order valence-corrected chi connectivity index (χ1v) is 10.0. The molecule has 192 valence electrons. The van der Waals surface area contributed by atoms with Crippen molar-refractivity contribution in [3.8, 4) is 0 Å². The van der Waals surface area contributed by atoms with E-state index in [1.807, 2.05) is 5.32 Å². The third-order valence-electron chi connectivity index (χ3n) is 4.41. The number of nitrogens with two attached hydrogens (primary N) is 3. The SMILES string of the molecule is CC(O)C(NC(=O)C(N)CCC(N)=O)C(=O)NC(CCC(N)=O)C(=O)NC(CC(=O)O)C(=O)O. The molecule has 0 spiro atoms. The fourth-order valence-corrected chi connectivity index (χ4v) is 2.56. The Morgan fingerprint density at radius 1 is 0.765 bits per heavy atom. The van der Waals surface area contributed by atoms with Crippen molar-refractivity contribution < 1.29 is 48.9 Å². The van der Waals surface area contributed by atoms with Crippen molar-refractivity contribution in [1.29, 1.82) is 0 Å². The molecule has 0 aromatic heterocycles. The van der Waals surface area contributed by atoms with E-state index in [9.17, 15) is 38.7 Å². The van der Waals surface area contributed by atoms with Crippen molar-refractivity contribution in [2.75, 3.05) is 0 Å². The number of aliphatic hydroxyl groups is 1. The zero-order valence-corrected chi connectivity index (χ0v) is 18.4. The number of carbonyl (C=O) groups is 7. The maximum atomic E-state index is 12.7. The molecule has 0 rings (SSSR count). The maximum absolute atomic E-state index is 12.7. The van der Waals surface area contributed by atoms with Crippen molar-refractivity contribution in [1.82, 2.24) is 16.0 Å². The average Bonchev–Trinajstić information content (AvgIpc) is 2.71. The highest BCUT2D eigenvalue weighted by Crippen LogP contribution is 2.04. The average molecular weight is 490 g/mol. The van der Waals surface area contributed by atoms with Gasteiger partial charge in [-0.05, 0) is 19.8 Å². The van der Waals surface area contributed by atoms with Crippen molar-refractivity contribution in [3.63, 3.8) is 0 Å². The number of amides is 5. The molecule has 0 aliphatic heterocycles. The number of carboxylic acids is 2. The fourth-order valence-electron chi connectivity index (χ4n) is 2.56. The lowest BCUT2D eigenvalue weighted by atomic mass is 10.1. The van der Waals surface area contributed by atoms with Crippen LogP contribution in [0.2, 0.25) is 0 Å². The summed E-state index contributed by atoms with van der Waals surface area (Å²) >= 11 is 0. The third-order valence-corrected chi connectivity index (χ3v) is 4.41. The van der Waals surface area contributed by atoms with Gasteiger partial charge in [0, 0.05) is 12.8 Å². The first-order valence-electron chi connectivity index (χ1n) is 10.0. The van der Waals surface area contributed by atoms with Gasteiger partial charge in [-0.3, -0.25) is 28.8 Å². The summed E-state index contributed by atoms with van der Waals surface area (Å²) in [7, 11) is 0. The van der Waals surface area contributed by atoms with Crippen LogP contribution in [0.25, 0.3) is 0 Å². The summed E-state index contributed by atoms with van der Waals surface area (Å²) in [6.45, 7) is 1.14. The normalized spacial score (nSPS) is 15.0.